The molecule has 0 bridgehead atoms. The lowest BCUT2D eigenvalue weighted by Crippen LogP contribution is -2.56. The molecule has 6 unspecified atom stereocenters. The summed E-state index contributed by atoms with van der Waals surface area (Å²) in [5.74, 6) is -3.04. The summed E-state index contributed by atoms with van der Waals surface area (Å²) in [5.41, 5.74) is 1.46. The van der Waals surface area contributed by atoms with E-state index in [1.165, 1.54) is 7.11 Å². The summed E-state index contributed by atoms with van der Waals surface area (Å²) >= 11 is 0. The SMILES string of the molecule is COCCOC(=O)N1C(=O)C2(c3ccccc31)C(C(=O)NCCc1ccccn1)C1C(=O)OC(c3ccccc3)C(c3ccccc3)N1C2c1cccc(OCCO)c1. The van der Waals surface area contributed by atoms with Crippen LogP contribution in [0.25, 0.3) is 0 Å². The second kappa shape index (κ2) is 17.2. The average Bonchev–Trinajstić information content (AvgIpc) is 3.73. The van der Waals surface area contributed by atoms with E-state index in [0.29, 0.717) is 28.9 Å². The summed E-state index contributed by atoms with van der Waals surface area (Å²) < 4.78 is 23.1. The van der Waals surface area contributed by atoms with E-state index in [4.69, 9.17) is 18.9 Å². The molecule has 3 amide bonds. The number of esters is 1. The molecule has 2 saturated heterocycles. The van der Waals surface area contributed by atoms with E-state index in [1.54, 1.807) is 54.7 Å². The van der Waals surface area contributed by atoms with Crippen LogP contribution in [-0.2, 0) is 40.4 Å². The van der Waals surface area contributed by atoms with Crippen molar-refractivity contribution in [3.8, 4) is 5.75 Å². The van der Waals surface area contributed by atoms with E-state index in [9.17, 15) is 9.90 Å². The highest BCUT2D eigenvalue weighted by atomic mass is 16.6. The molecule has 5 aromatic rings. The predicted molar refractivity (Wildman–Crippen MR) is 215 cm³/mol. The van der Waals surface area contributed by atoms with Crippen molar-refractivity contribution in [2.45, 2.75) is 36.1 Å². The Bertz CT molecular complexity index is 2300. The monoisotopic (exact) mass is 796 g/mol. The zero-order chi connectivity index (χ0) is 40.9. The van der Waals surface area contributed by atoms with Gasteiger partial charge in [0.2, 0.25) is 11.8 Å². The highest BCUT2D eigenvalue weighted by Gasteiger charge is 2.75. The maximum absolute atomic E-state index is 15.9. The Morgan fingerprint density at radius 2 is 1.53 bits per heavy atom. The minimum absolute atomic E-state index is 0.00477. The van der Waals surface area contributed by atoms with Gasteiger partial charge in [0.1, 0.15) is 36.5 Å². The number of nitrogens with zero attached hydrogens (tertiary/aromatic N) is 3. The Kier molecular flexibility index (Phi) is 11.5. The number of methoxy groups -OCH3 is 1. The van der Waals surface area contributed by atoms with Gasteiger partial charge in [0.15, 0.2) is 0 Å². The van der Waals surface area contributed by atoms with Crippen LogP contribution in [0.4, 0.5) is 10.5 Å². The number of hydrogen-bond donors (Lipinski definition) is 2. The van der Waals surface area contributed by atoms with Gasteiger partial charge in [-0.2, -0.15) is 0 Å². The van der Waals surface area contributed by atoms with Crippen molar-refractivity contribution in [3.05, 3.63) is 162 Å². The lowest BCUT2D eigenvalue weighted by Gasteiger charge is -2.46. The number of amides is 3. The molecular formula is C46H44N4O9. The Labute approximate surface area is 341 Å². The molecule has 1 aromatic heterocycles. The number of morpholine rings is 1. The quantitative estimate of drug-likeness (QED) is 0.118. The van der Waals surface area contributed by atoms with Gasteiger partial charge >= 0.3 is 12.1 Å². The van der Waals surface area contributed by atoms with Crippen molar-refractivity contribution in [2.24, 2.45) is 5.92 Å². The lowest BCUT2D eigenvalue weighted by molar-refractivity contribution is -0.178. The number of fused-ring (bicyclic) bond motifs is 3. The van der Waals surface area contributed by atoms with Gasteiger partial charge in [-0.3, -0.25) is 24.3 Å². The van der Waals surface area contributed by atoms with E-state index in [0.717, 1.165) is 16.2 Å². The third-order valence-corrected chi connectivity index (χ3v) is 11.3. The topological polar surface area (TPSA) is 157 Å². The molecule has 1 spiro atoms. The van der Waals surface area contributed by atoms with Crippen molar-refractivity contribution in [1.29, 1.82) is 0 Å². The number of carbonyl (C=O) groups is 4. The average molecular weight is 797 g/mol. The molecule has 13 nitrogen and oxygen atoms in total. The molecular weight excluding hydrogens is 753 g/mol. The molecule has 4 heterocycles. The Morgan fingerprint density at radius 1 is 0.814 bits per heavy atom. The van der Waals surface area contributed by atoms with Crippen LogP contribution in [-0.4, -0.2) is 85.0 Å². The third-order valence-electron chi connectivity index (χ3n) is 11.3. The van der Waals surface area contributed by atoms with E-state index in [1.807, 2.05) is 83.8 Å². The number of imide groups is 1. The molecule has 0 radical (unpaired) electrons. The molecule has 3 aliphatic heterocycles. The number of hydrogen-bond acceptors (Lipinski definition) is 11. The second-order valence-electron chi connectivity index (χ2n) is 14.5. The summed E-state index contributed by atoms with van der Waals surface area (Å²) in [6.45, 7) is -0.127. The van der Waals surface area contributed by atoms with Crippen molar-refractivity contribution < 1.29 is 43.2 Å². The lowest BCUT2D eigenvalue weighted by atomic mass is 9.65. The van der Waals surface area contributed by atoms with Crippen LogP contribution in [0, 0.1) is 5.92 Å². The first-order valence-electron chi connectivity index (χ1n) is 19.6. The number of nitrogens with one attached hydrogen (secondary N) is 1. The minimum atomic E-state index is -1.91. The Morgan fingerprint density at radius 3 is 2.25 bits per heavy atom. The number of carbonyl (C=O) groups excluding carboxylic acids is 4. The number of cyclic esters (lactones) is 1. The van der Waals surface area contributed by atoms with Crippen molar-refractivity contribution >= 4 is 29.6 Å². The largest absolute Gasteiger partial charge is 0.491 e. The number of aromatic nitrogens is 1. The maximum Gasteiger partial charge on any atom is 0.421 e. The molecule has 6 atom stereocenters. The summed E-state index contributed by atoms with van der Waals surface area (Å²) in [6.07, 6.45) is 0.232. The number of anilines is 1. The van der Waals surface area contributed by atoms with Gasteiger partial charge < -0.3 is 29.4 Å². The summed E-state index contributed by atoms with van der Waals surface area (Å²) in [4.78, 5) is 67.7. The van der Waals surface area contributed by atoms with Crippen LogP contribution in [0.2, 0.25) is 0 Å². The van der Waals surface area contributed by atoms with Gasteiger partial charge in [0, 0.05) is 32.0 Å². The fourth-order valence-electron chi connectivity index (χ4n) is 9.03. The molecule has 302 valence electrons. The highest BCUT2D eigenvalue weighted by Crippen LogP contribution is 2.65. The van der Waals surface area contributed by atoms with Gasteiger partial charge in [-0.25, -0.2) is 9.69 Å². The fraction of sp³-hybridized carbons (Fsp3) is 0.283. The van der Waals surface area contributed by atoms with Crippen LogP contribution in [0.1, 0.15) is 46.1 Å². The number of ether oxygens (including phenoxy) is 4. The number of para-hydroxylation sites is 1. The van der Waals surface area contributed by atoms with Crippen LogP contribution < -0.4 is 15.0 Å². The van der Waals surface area contributed by atoms with Crippen LogP contribution in [0.15, 0.2) is 134 Å². The van der Waals surface area contributed by atoms with Crippen LogP contribution in [0.5, 0.6) is 5.75 Å². The van der Waals surface area contributed by atoms with Gasteiger partial charge in [0.25, 0.3) is 0 Å². The van der Waals surface area contributed by atoms with E-state index < -0.39 is 59.4 Å². The predicted octanol–water partition coefficient (Wildman–Crippen LogP) is 5.26. The number of benzene rings is 4. The van der Waals surface area contributed by atoms with Gasteiger partial charge in [-0.1, -0.05) is 97.1 Å². The number of aliphatic hydroxyl groups is 1. The van der Waals surface area contributed by atoms with E-state index in [-0.39, 0.29) is 38.7 Å². The highest BCUT2D eigenvalue weighted by molar-refractivity contribution is 6.23. The van der Waals surface area contributed by atoms with Gasteiger partial charge in [-0.05, 0) is 52.6 Å². The van der Waals surface area contributed by atoms with Crippen molar-refractivity contribution in [3.63, 3.8) is 0 Å². The first kappa shape index (κ1) is 39.4. The smallest absolute Gasteiger partial charge is 0.421 e. The van der Waals surface area contributed by atoms with E-state index in [2.05, 4.69) is 10.3 Å². The zero-order valence-corrected chi connectivity index (χ0v) is 32.4. The second-order valence-corrected chi connectivity index (χ2v) is 14.5. The molecule has 13 heteroatoms. The molecule has 59 heavy (non-hydrogen) atoms. The molecule has 4 aromatic carbocycles. The molecule has 0 aliphatic carbocycles. The normalized spacial score (nSPS) is 23.4. The zero-order valence-electron chi connectivity index (χ0n) is 32.4. The Balaban J connectivity index is 1.39. The summed E-state index contributed by atoms with van der Waals surface area (Å²) in [6, 6.07) is 35.2. The molecule has 2 N–H and O–H groups in total. The first-order valence-corrected chi connectivity index (χ1v) is 19.6. The maximum atomic E-state index is 15.9. The number of rotatable bonds is 13. The fourth-order valence-corrected chi connectivity index (χ4v) is 9.03. The summed E-state index contributed by atoms with van der Waals surface area (Å²) in [7, 11) is 1.47. The molecule has 8 rings (SSSR count). The van der Waals surface area contributed by atoms with Gasteiger partial charge in [0.05, 0.1) is 36.9 Å². The van der Waals surface area contributed by atoms with Crippen LogP contribution >= 0.6 is 0 Å². The minimum Gasteiger partial charge on any atom is -0.491 e. The number of aliphatic hydroxyl groups excluding tert-OH is 1. The molecule has 0 saturated carbocycles. The van der Waals surface area contributed by atoms with Gasteiger partial charge in [-0.15, -0.1) is 0 Å². The Hall–Kier alpha value is -6.41. The first-order chi connectivity index (χ1) is 28.9. The van der Waals surface area contributed by atoms with E-state index >= 15 is 14.4 Å². The molecule has 2 fully saturated rings. The third kappa shape index (κ3) is 7.11. The van der Waals surface area contributed by atoms with Crippen molar-refractivity contribution in [1.82, 2.24) is 15.2 Å². The standard InChI is InChI=1S/C46H44N4O9/c1-56-27-28-58-45(55)49-36-21-9-8-20-35(36)46(44(49)54)37(42(52)48-24-22-33-18-10-11-23-47-33)39-43(53)59-40(31-15-6-3-7-16-31)38(30-13-4-2-5-14-30)50(39)41(46)32-17-12-19-34(29-32)57-26-25-51/h2-21,23,29,37-41,51H,22,24-28H2,1H3,(H,48,52). The summed E-state index contributed by atoms with van der Waals surface area (Å²) in [5, 5.41) is 12.7. The number of pyridine rings is 1. The molecule has 3 aliphatic rings. The van der Waals surface area contributed by atoms with Crippen LogP contribution in [0.3, 0.4) is 0 Å². The van der Waals surface area contributed by atoms with Crippen molar-refractivity contribution in [2.75, 3.05) is 45.0 Å².